The zero-order valence-corrected chi connectivity index (χ0v) is 15.5. The van der Waals surface area contributed by atoms with Gasteiger partial charge in [-0.25, -0.2) is 9.48 Å². The largest absolute Gasteiger partial charge is 0.461 e. The van der Waals surface area contributed by atoms with Crippen LogP contribution in [0.25, 0.3) is 5.69 Å². The Balaban J connectivity index is 2.01. The molecule has 7 nitrogen and oxygen atoms in total. The van der Waals surface area contributed by atoms with Gasteiger partial charge in [-0.3, -0.25) is 4.79 Å². The second-order valence-electron chi connectivity index (χ2n) is 5.88. The number of rotatable bonds is 5. The number of hydrogen-bond acceptors (Lipinski definition) is 5. The number of esters is 1. The first-order valence-corrected chi connectivity index (χ1v) is 8.73. The molecule has 1 aromatic carbocycles. The molecule has 0 N–H and O–H groups in total. The molecule has 1 aromatic heterocycles. The summed E-state index contributed by atoms with van der Waals surface area (Å²) in [4.78, 5) is 26.2. The molecule has 1 aliphatic heterocycles. The fourth-order valence-electron chi connectivity index (χ4n) is 3.01. The Kier molecular flexibility index (Phi) is 5.58. The molecule has 0 aliphatic carbocycles. The van der Waals surface area contributed by atoms with Crippen LogP contribution < -0.4 is 0 Å². The number of methoxy groups -OCH3 is 1. The van der Waals surface area contributed by atoms with Gasteiger partial charge >= 0.3 is 5.97 Å². The lowest BCUT2D eigenvalue weighted by molar-refractivity contribution is -0.136. The predicted octanol–water partition coefficient (Wildman–Crippen LogP) is 2.23. The zero-order valence-electron chi connectivity index (χ0n) is 14.7. The fourth-order valence-corrected chi connectivity index (χ4v) is 3.13. The van der Waals surface area contributed by atoms with Crippen LogP contribution in [0.2, 0.25) is 5.02 Å². The van der Waals surface area contributed by atoms with Crippen molar-refractivity contribution >= 4 is 23.5 Å². The third kappa shape index (κ3) is 3.59. The minimum atomic E-state index is -0.488. The van der Waals surface area contributed by atoms with Crippen molar-refractivity contribution in [2.45, 2.75) is 19.9 Å². The van der Waals surface area contributed by atoms with Crippen molar-refractivity contribution < 1.29 is 19.1 Å². The average Bonchev–Trinajstić information content (AvgIpc) is 3.02. The summed E-state index contributed by atoms with van der Waals surface area (Å²) in [6.45, 7) is 2.86. The minimum Gasteiger partial charge on any atom is -0.461 e. The molecular weight excluding hydrogens is 358 g/mol. The Morgan fingerprint density at radius 3 is 2.65 bits per heavy atom. The molecule has 26 heavy (non-hydrogen) atoms. The monoisotopic (exact) mass is 377 g/mol. The molecule has 138 valence electrons. The minimum absolute atomic E-state index is 0.00932. The van der Waals surface area contributed by atoms with Crippen LogP contribution >= 0.6 is 11.6 Å². The second kappa shape index (κ2) is 7.88. The number of carbonyl (C=O) groups is 2. The van der Waals surface area contributed by atoms with E-state index >= 15 is 0 Å². The van der Waals surface area contributed by atoms with E-state index in [9.17, 15) is 9.59 Å². The van der Waals surface area contributed by atoms with Gasteiger partial charge in [-0.1, -0.05) is 11.6 Å². The van der Waals surface area contributed by atoms with Crippen LogP contribution in [0.1, 0.15) is 28.7 Å². The normalized spacial score (nSPS) is 13.4. The molecule has 3 rings (SSSR count). The molecule has 2 heterocycles. The van der Waals surface area contributed by atoms with Crippen LogP contribution in [-0.4, -0.2) is 53.4 Å². The number of halogens is 1. The molecule has 0 radical (unpaired) electrons. The third-order valence-electron chi connectivity index (χ3n) is 4.22. The quantitative estimate of drug-likeness (QED) is 0.747. The summed E-state index contributed by atoms with van der Waals surface area (Å²) < 4.78 is 11.8. The van der Waals surface area contributed by atoms with Crippen molar-refractivity contribution in [3.63, 3.8) is 0 Å². The smallest absolute Gasteiger partial charge is 0.359 e. The Labute approximate surface area is 156 Å². The summed E-state index contributed by atoms with van der Waals surface area (Å²) in [6.07, 6.45) is 0.583. The highest BCUT2D eigenvalue weighted by molar-refractivity contribution is 6.30. The molecule has 1 amide bonds. The maximum atomic E-state index is 12.4. The zero-order chi connectivity index (χ0) is 18.7. The van der Waals surface area contributed by atoms with Crippen molar-refractivity contribution in [3.8, 4) is 5.69 Å². The topological polar surface area (TPSA) is 73.7 Å². The third-order valence-corrected chi connectivity index (χ3v) is 4.47. The standard InChI is InChI=1S/C18H20ClN3O4/c1-3-26-18(24)17-14-10-21(16(23)11-25-2)9-8-15(14)22(20-17)13-6-4-12(19)5-7-13/h4-7H,3,8-11H2,1-2H3. The molecule has 0 saturated heterocycles. The summed E-state index contributed by atoms with van der Waals surface area (Å²) in [5, 5.41) is 5.10. The summed E-state index contributed by atoms with van der Waals surface area (Å²) >= 11 is 5.96. The van der Waals surface area contributed by atoms with Crippen LogP contribution in [-0.2, 0) is 27.2 Å². The van der Waals surface area contributed by atoms with Crippen LogP contribution in [0.4, 0.5) is 0 Å². The Hall–Kier alpha value is -2.38. The van der Waals surface area contributed by atoms with E-state index in [-0.39, 0.29) is 24.8 Å². The lowest BCUT2D eigenvalue weighted by Gasteiger charge is -2.27. The second-order valence-corrected chi connectivity index (χ2v) is 6.32. The molecule has 0 fully saturated rings. The molecule has 0 unspecified atom stereocenters. The van der Waals surface area contributed by atoms with E-state index in [1.807, 2.05) is 12.1 Å². The van der Waals surface area contributed by atoms with E-state index < -0.39 is 5.97 Å². The predicted molar refractivity (Wildman–Crippen MR) is 95.5 cm³/mol. The van der Waals surface area contributed by atoms with E-state index in [0.29, 0.717) is 30.1 Å². The number of benzene rings is 1. The summed E-state index contributed by atoms with van der Waals surface area (Å²) in [6, 6.07) is 7.22. The van der Waals surface area contributed by atoms with Crippen molar-refractivity contribution in [2.24, 2.45) is 0 Å². The van der Waals surface area contributed by atoms with Gasteiger partial charge in [-0.2, -0.15) is 5.10 Å². The van der Waals surface area contributed by atoms with E-state index in [1.54, 1.807) is 28.6 Å². The highest BCUT2D eigenvalue weighted by Crippen LogP contribution is 2.26. The number of aromatic nitrogens is 2. The van der Waals surface area contributed by atoms with E-state index in [2.05, 4.69) is 5.10 Å². The van der Waals surface area contributed by atoms with Gasteiger partial charge in [-0.15, -0.1) is 0 Å². The maximum absolute atomic E-state index is 12.4. The maximum Gasteiger partial charge on any atom is 0.359 e. The van der Waals surface area contributed by atoms with Gasteiger partial charge in [0.15, 0.2) is 5.69 Å². The van der Waals surface area contributed by atoms with Gasteiger partial charge in [0.1, 0.15) is 6.61 Å². The summed E-state index contributed by atoms with van der Waals surface area (Å²) in [7, 11) is 1.48. The van der Waals surface area contributed by atoms with Gasteiger partial charge in [0.25, 0.3) is 0 Å². The van der Waals surface area contributed by atoms with Crippen molar-refractivity contribution in [3.05, 3.63) is 46.2 Å². The number of ether oxygens (including phenoxy) is 2. The molecular formula is C18H20ClN3O4. The SMILES string of the molecule is CCOC(=O)c1nn(-c2ccc(Cl)cc2)c2c1CN(C(=O)COC)CC2. The van der Waals surface area contributed by atoms with Crippen molar-refractivity contribution in [2.75, 3.05) is 26.9 Å². The van der Waals surface area contributed by atoms with E-state index in [4.69, 9.17) is 21.1 Å². The first-order valence-electron chi connectivity index (χ1n) is 8.35. The average molecular weight is 378 g/mol. The lowest BCUT2D eigenvalue weighted by atomic mass is 10.0. The fraction of sp³-hybridized carbons (Fsp3) is 0.389. The number of carbonyl (C=O) groups excluding carboxylic acids is 2. The van der Waals surface area contributed by atoms with Gasteiger partial charge in [0, 0.05) is 37.2 Å². The Morgan fingerprint density at radius 2 is 2.00 bits per heavy atom. The van der Waals surface area contributed by atoms with Crippen LogP contribution in [0.15, 0.2) is 24.3 Å². The highest BCUT2D eigenvalue weighted by Gasteiger charge is 2.31. The summed E-state index contributed by atoms with van der Waals surface area (Å²) in [5.74, 6) is -0.607. The number of nitrogens with zero attached hydrogens (tertiary/aromatic N) is 3. The first-order chi connectivity index (χ1) is 12.5. The van der Waals surface area contributed by atoms with Gasteiger partial charge in [0.05, 0.1) is 18.0 Å². The molecule has 2 aromatic rings. The van der Waals surface area contributed by atoms with E-state index in [0.717, 1.165) is 11.4 Å². The molecule has 1 aliphatic rings. The van der Waals surface area contributed by atoms with Crippen molar-refractivity contribution in [1.82, 2.24) is 14.7 Å². The van der Waals surface area contributed by atoms with Crippen LogP contribution in [0.5, 0.6) is 0 Å². The Bertz CT molecular complexity index is 817. The first kappa shape index (κ1) is 18.4. The summed E-state index contributed by atoms with van der Waals surface area (Å²) in [5.41, 5.74) is 2.66. The molecule has 0 bridgehead atoms. The van der Waals surface area contributed by atoms with Crippen LogP contribution in [0.3, 0.4) is 0 Å². The number of hydrogen-bond donors (Lipinski definition) is 0. The van der Waals surface area contributed by atoms with Gasteiger partial charge < -0.3 is 14.4 Å². The van der Waals surface area contributed by atoms with Crippen molar-refractivity contribution in [1.29, 1.82) is 0 Å². The Morgan fingerprint density at radius 1 is 1.27 bits per heavy atom. The van der Waals surface area contributed by atoms with Crippen LogP contribution in [0, 0.1) is 0 Å². The van der Waals surface area contributed by atoms with Gasteiger partial charge in [0.2, 0.25) is 5.91 Å². The van der Waals surface area contributed by atoms with E-state index in [1.165, 1.54) is 7.11 Å². The molecule has 0 saturated carbocycles. The number of fused-ring (bicyclic) bond motifs is 1. The molecule has 0 spiro atoms. The lowest BCUT2D eigenvalue weighted by Crippen LogP contribution is -2.38. The van der Waals surface area contributed by atoms with Gasteiger partial charge in [-0.05, 0) is 31.2 Å². The highest BCUT2D eigenvalue weighted by atomic mass is 35.5. The molecule has 8 heteroatoms. The number of amides is 1. The molecule has 0 atom stereocenters.